The van der Waals surface area contributed by atoms with E-state index >= 15 is 0 Å². The zero-order valence-corrected chi connectivity index (χ0v) is 18.8. The summed E-state index contributed by atoms with van der Waals surface area (Å²) in [7, 11) is -4.15. The largest absolute Gasteiger partial charge is 0.511 e. The van der Waals surface area contributed by atoms with E-state index in [2.05, 4.69) is 10.0 Å². The SMILES string of the molecule is CC1(C)Cc2cc(OC(=O)O)ccc2NC1c1ccccc1NS(=O)(=O)c1ccccc1F. The van der Waals surface area contributed by atoms with Crippen molar-refractivity contribution in [3.63, 3.8) is 0 Å². The maximum Gasteiger partial charge on any atom is 0.511 e. The van der Waals surface area contributed by atoms with E-state index in [9.17, 15) is 17.6 Å². The lowest BCUT2D eigenvalue weighted by molar-refractivity contribution is 0.144. The zero-order valence-electron chi connectivity index (χ0n) is 18.0. The molecule has 0 bridgehead atoms. The number of sulfonamides is 1. The Kier molecular flexibility index (Phi) is 5.75. The second-order valence-corrected chi connectivity index (χ2v) is 10.2. The number of anilines is 2. The van der Waals surface area contributed by atoms with Crippen LogP contribution in [0.5, 0.6) is 5.75 Å². The molecule has 0 spiro atoms. The highest BCUT2D eigenvalue weighted by atomic mass is 32.2. The average molecular weight is 471 g/mol. The number of carbonyl (C=O) groups is 1. The number of para-hydroxylation sites is 1. The molecule has 1 unspecified atom stereocenters. The van der Waals surface area contributed by atoms with Crippen LogP contribution >= 0.6 is 0 Å². The Morgan fingerprint density at radius 1 is 1.12 bits per heavy atom. The van der Waals surface area contributed by atoms with Crippen molar-refractivity contribution in [1.29, 1.82) is 0 Å². The Labute approximate surface area is 191 Å². The van der Waals surface area contributed by atoms with E-state index in [4.69, 9.17) is 9.84 Å². The maximum atomic E-state index is 14.2. The summed E-state index contributed by atoms with van der Waals surface area (Å²) in [5, 5.41) is 12.3. The second kappa shape index (κ2) is 8.40. The minimum atomic E-state index is -4.15. The first-order chi connectivity index (χ1) is 15.6. The summed E-state index contributed by atoms with van der Waals surface area (Å²) in [6.45, 7) is 4.06. The molecule has 1 heterocycles. The molecule has 0 aliphatic carbocycles. The summed E-state index contributed by atoms with van der Waals surface area (Å²) in [6, 6.07) is 16.9. The molecule has 0 fully saturated rings. The first kappa shape index (κ1) is 22.6. The van der Waals surface area contributed by atoms with Crippen molar-refractivity contribution < 1.29 is 27.4 Å². The highest BCUT2D eigenvalue weighted by molar-refractivity contribution is 7.92. The first-order valence-electron chi connectivity index (χ1n) is 10.2. The van der Waals surface area contributed by atoms with Crippen molar-refractivity contribution in [3.05, 3.63) is 83.7 Å². The van der Waals surface area contributed by atoms with Crippen LogP contribution in [0.4, 0.5) is 20.6 Å². The molecule has 9 heteroatoms. The van der Waals surface area contributed by atoms with Crippen LogP contribution in [-0.2, 0) is 16.4 Å². The molecular weight excluding hydrogens is 447 g/mol. The zero-order chi connectivity index (χ0) is 23.8. The normalized spacial score (nSPS) is 16.9. The number of rotatable bonds is 5. The summed E-state index contributed by atoms with van der Waals surface area (Å²) in [6.07, 6.45) is -0.794. The molecule has 33 heavy (non-hydrogen) atoms. The predicted molar refractivity (Wildman–Crippen MR) is 123 cm³/mol. The van der Waals surface area contributed by atoms with Gasteiger partial charge >= 0.3 is 6.16 Å². The molecule has 4 rings (SSSR count). The molecule has 3 N–H and O–H groups in total. The Morgan fingerprint density at radius 2 is 1.82 bits per heavy atom. The van der Waals surface area contributed by atoms with E-state index in [-0.39, 0.29) is 17.2 Å². The fraction of sp³-hybridized carbons (Fsp3) is 0.208. The number of hydrogen-bond acceptors (Lipinski definition) is 5. The Balaban J connectivity index is 1.69. The number of fused-ring (bicyclic) bond motifs is 1. The number of nitrogens with one attached hydrogen (secondary N) is 2. The van der Waals surface area contributed by atoms with E-state index in [1.807, 2.05) is 26.0 Å². The van der Waals surface area contributed by atoms with Gasteiger partial charge in [0.25, 0.3) is 10.0 Å². The first-order valence-corrected chi connectivity index (χ1v) is 11.7. The van der Waals surface area contributed by atoms with Gasteiger partial charge in [0.1, 0.15) is 16.5 Å². The fourth-order valence-corrected chi connectivity index (χ4v) is 5.34. The molecule has 1 atom stereocenters. The van der Waals surface area contributed by atoms with Crippen LogP contribution in [0.3, 0.4) is 0 Å². The molecule has 0 radical (unpaired) electrons. The van der Waals surface area contributed by atoms with Crippen LogP contribution in [0.1, 0.15) is 31.0 Å². The number of benzene rings is 3. The highest BCUT2D eigenvalue weighted by Gasteiger charge is 2.37. The topological polar surface area (TPSA) is 105 Å². The van der Waals surface area contributed by atoms with E-state index in [1.165, 1.54) is 18.2 Å². The molecule has 0 amide bonds. The van der Waals surface area contributed by atoms with Crippen LogP contribution in [-0.4, -0.2) is 19.7 Å². The van der Waals surface area contributed by atoms with Crippen molar-refractivity contribution in [3.8, 4) is 5.75 Å². The monoisotopic (exact) mass is 470 g/mol. The van der Waals surface area contributed by atoms with E-state index in [0.717, 1.165) is 17.3 Å². The van der Waals surface area contributed by atoms with Gasteiger partial charge < -0.3 is 15.2 Å². The maximum absolute atomic E-state index is 14.2. The van der Waals surface area contributed by atoms with Gasteiger partial charge in [-0.25, -0.2) is 17.6 Å². The van der Waals surface area contributed by atoms with Gasteiger partial charge in [-0.05, 0) is 59.4 Å². The van der Waals surface area contributed by atoms with Gasteiger partial charge in [-0.3, -0.25) is 4.72 Å². The molecule has 0 saturated heterocycles. The summed E-state index contributed by atoms with van der Waals surface area (Å²) < 4.78 is 47.3. The standard InChI is InChI=1S/C24H23FN2O5S/c1-24(2)14-15-13-16(32-23(28)29)11-12-19(15)26-22(24)17-7-3-5-9-20(17)27-33(30,31)21-10-6-4-8-18(21)25/h3-13,22,26-27H,14H2,1-2H3,(H,28,29). The third kappa shape index (κ3) is 4.63. The molecular formula is C24H23FN2O5S. The molecule has 1 aliphatic heterocycles. The molecule has 7 nitrogen and oxygen atoms in total. The number of halogens is 1. The van der Waals surface area contributed by atoms with Crippen LogP contribution in [0, 0.1) is 11.2 Å². The highest BCUT2D eigenvalue weighted by Crippen LogP contribution is 2.47. The minimum absolute atomic E-state index is 0.232. The Hall–Kier alpha value is -3.59. The van der Waals surface area contributed by atoms with Crippen molar-refractivity contribution in [1.82, 2.24) is 0 Å². The number of ether oxygens (including phenoxy) is 1. The predicted octanol–water partition coefficient (Wildman–Crippen LogP) is 5.42. The van der Waals surface area contributed by atoms with Crippen molar-refractivity contribution in [2.75, 3.05) is 10.0 Å². The quantitative estimate of drug-likeness (QED) is 0.340. The van der Waals surface area contributed by atoms with Gasteiger partial charge in [0, 0.05) is 5.69 Å². The molecule has 0 aromatic heterocycles. The second-order valence-electron chi connectivity index (χ2n) is 8.55. The van der Waals surface area contributed by atoms with Gasteiger partial charge in [-0.15, -0.1) is 0 Å². The smallest absolute Gasteiger partial charge is 0.449 e. The van der Waals surface area contributed by atoms with E-state index in [1.54, 1.807) is 30.3 Å². The minimum Gasteiger partial charge on any atom is -0.449 e. The van der Waals surface area contributed by atoms with E-state index in [0.29, 0.717) is 17.7 Å². The van der Waals surface area contributed by atoms with Gasteiger partial charge in [-0.2, -0.15) is 0 Å². The molecule has 172 valence electrons. The number of hydrogen-bond donors (Lipinski definition) is 3. The Morgan fingerprint density at radius 3 is 2.55 bits per heavy atom. The van der Waals surface area contributed by atoms with Gasteiger partial charge in [0.05, 0.1) is 11.7 Å². The van der Waals surface area contributed by atoms with E-state index < -0.39 is 26.9 Å². The third-order valence-corrected chi connectivity index (χ3v) is 7.05. The third-order valence-electron chi connectivity index (χ3n) is 5.65. The molecule has 3 aromatic carbocycles. The summed E-state index contributed by atoms with van der Waals surface area (Å²) in [5.74, 6) is -0.595. The summed E-state index contributed by atoms with van der Waals surface area (Å²) in [4.78, 5) is 10.4. The lowest BCUT2D eigenvalue weighted by atomic mass is 9.72. The lowest BCUT2D eigenvalue weighted by Gasteiger charge is -2.42. The lowest BCUT2D eigenvalue weighted by Crippen LogP contribution is -2.35. The Bertz CT molecular complexity index is 1320. The molecule has 1 aliphatic rings. The van der Waals surface area contributed by atoms with Crippen LogP contribution < -0.4 is 14.8 Å². The van der Waals surface area contributed by atoms with Crippen LogP contribution in [0.25, 0.3) is 0 Å². The van der Waals surface area contributed by atoms with Gasteiger partial charge in [0.2, 0.25) is 0 Å². The number of carboxylic acid groups (broad SMARTS) is 1. The molecule has 0 saturated carbocycles. The molecule has 3 aromatic rings. The summed E-state index contributed by atoms with van der Waals surface area (Å²) >= 11 is 0. The van der Waals surface area contributed by atoms with Crippen molar-refractivity contribution in [2.45, 2.75) is 31.2 Å². The van der Waals surface area contributed by atoms with Crippen molar-refractivity contribution in [2.24, 2.45) is 5.41 Å². The van der Waals surface area contributed by atoms with Gasteiger partial charge in [-0.1, -0.05) is 44.2 Å². The summed E-state index contributed by atoms with van der Waals surface area (Å²) in [5.41, 5.74) is 2.36. The average Bonchev–Trinajstić information content (AvgIpc) is 2.73. The van der Waals surface area contributed by atoms with Crippen LogP contribution in [0.2, 0.25) is 0 Å². The van der Waals surface area contributed by atoms with Crippen LogP contribution in [0.15, 0.2) is 71.6 Å². The fourth-order valence-electron chi connectivity index (χ4n) is 4.17. The van der Waals surface area contributed by atoms with Crippen molar-refractivity contribution >= 4 is 27.6 Å². The van der Waals surface area contributed by atoms with Gasteiger partial charge in [0.15, 0.2) is 0 Å².